The van der Waals surface area contributed by atoms with Gasteiger partial charge in [-0.05, 0) is 20.8 Å². The summed E-state index contributed by atoms with van der Waals surface area (Å²) in [5.41, 5.74) is 9.13. The van der Waals surface area contributed by atoms with Crippen molar-refractivity contribution in [2.45, 2.75) is 33.4 Å². The third-order valence-electron chi connectivity index (χ3n) is 2.37. The predicted octanol–water partition coefficient (Wildman–Crippen LogP) is 1.40. The minimum absolute atomic E-state index is 0.0206. The molecule has 1 aromatic rings. The van der Waals surface area contributed by atoms with E-state index < -0.39 is 0 Å². The Morgan fingerprint density at radius 3 is 2.69 bits per heavy atom. The summed E-state index contributed by atoms with van der Waals surface area (Å²) in [5.74, 6) is 0. The molecule has 0 saturated carbocycles. The zero-order valence-electron chi connectivity index (χ0n) is 8.54. The number of imidazole rings is 1. The zero-order valence-corrected chi connectivity index (χ0v) is 8.54. The van der Waals surface area contributed by atoms with Crippen LogP contribution in [0, 0.1) is 13.8 Å². The molecule has 0 radical (unpaired) electrons. The lowest BCUT2D eigenvalue weighted by molar-refractivity contribution is 0.597. The summed E-state index contributed by atoms with van der Waals surface area (Å²) in [6.07, 6.45) is 1.83. The van der Waals surface area contributed by atoms with Gasteiger partial charge in [0, 0.05) is 18.3 Å². The van der Waals surface area contributed by atoms with E-state index in [4.69, 9.17) is 5.73 Å². The lowest BCUT2D eigenvalue weighted by Gasteiger charge is -2.13. The number of aromatic nitrogens is 2. The fraction of sp³-hybridized carbons (Fsp3) is 0.500. The van der Waals surface area contributed by atoms with Crippen LogP contribution in [0.15, 0.2) is 18.5 Å². The van der Waals surface area contributed by atoms with Gasteiger partial charge in [0.1, 0.15) is 0 Å². The molecule has 72 valence electrons. The molecule has 0 spiro atoms. The van der Waals surface area contributed by atoms with E-state index in [9.17, 15) is 0 Å². The van der Waals surface area contributed by atoms with E-state index in [1.54, 1.807) is 0 Å². The van der Waals surface area contributed by atoms with Crippen molar-refractivity contribution in [3.05, 3.63) is 29.9 Å². The SMILES string of the molecule is C=C(C)C(N)Cn1cnc(C)c1C. The Morgan fingerprint density at radius 1 is 1.69 bits per heavy atom. The highest BCUT2D eigenvalue weighted by molar-refractivity contribution is 5.10. The Morgan fingerprint density at radius 2 is 2.31 bits per heavy atom. The molecule has 0 bridgehead atoms. The predicted molar refractivity (Wildman–Crippen MR) is 54.5 cm³/mol. The maximum absolute atomic E-state index is 5.88. The fourth-order valence-corrected chi connectivity index (χ4v) is 1.10. The van der Waals surface area contributed by atoms with Crippen molar-refractivity contribution in [1.29, 1.82) is 0 Å². The molecule has 1 unspecified atom stereocenters. The van der Waals surface area contributed by atoms with E-state index in [1.165, 1.54) is 5.69 Å². The minimum atomic E-state index is 0.0206. The van der Waals surface area contributed by atoms with Gasteiger partial charge < -0.3 is 10.3 Å². The van der Waals surface area contributed by atoms with Crippen LogP contribution in [0.3, 0.4) is 0 Å². The number of nitrogens with zero attached hydrogens (tertiary/aromatic N) is 2. The summed E-state index contributed by atoms with van der Waals surface area (Å²) >= 11 is 0. The smallest absolute Gasteiger partial charge is 0.0952 e. The van der Waals surface area contributed by atoms with Gasteiger partial charge in [0.05, 0.1) is 12.0 Å². The largest absolute Gasteiger partial charge is 0.333 e. The molecule has 1 atom stereocenters. The van der Waals surface area contributed by atoms with Crippen LogP contribution in [0.1, 0.15) is 18.3 Å². The molecular weight excluding hydrogens is 162 g/mol. The Bertz CT molecular complexity index is 312. The van der Waals surface area contributed by atoms with Gasteiger partial charge in [0.15, 0.2) is 0 Å². The average Bonchev–Trinajstić information content (AvgIpc) is 2.36. The Labute approximate surface area is 79.3 Å². The van der Waals surface area contributed by atoms with Crippen molar-refractivity contribution in [1.82, 2.24) is 9.55 Å². The molecule has 0 aliphatic heterocycles. The lowest BCUT2D eigenvalue weighted by atomic mass is 10.1. The fourth-order valence-electron chi connectivity index (χ4n) is 1.10. The van der Waals surface area contributed by atoms with Gasteiger partial charge >= 0.3 is 0 Å². The first kappa shape index (κ1) is 9.99. The molecule has 1 aromatic heterocycles. The molecule has 1 heterocycles. The summed E-state index contributed by atoms with van der Waals surface area (Å²) < 4.78 is 2.06. The molecule has 3 nitrogen and oxygen atoms in total. The second kappa shape index (κ2) is 3.75. The average molecular weight is 179 g/mol. The maximum Gasteiger partial charge on any atom is 0.0952 e. The van der Waals surface area contributed by atoms with E-state index in [0.29, 0.717) is 0 Å². The van der Waals surface area contributed by atoms with E-state index in [1.807, 2.05) is 27.1 Å². The number of hydrogen-bond acceptors (Lipinski definition) is 2. The minimum Gasteiger partial charge on any atom is -0.333 e. The van der Waals surface area contributed by atoms with E-state index in [2.05, 4.69) is 16.1 Å². The van der Waals surface area contributed by atoms with Crippen LogP contribution in [0.25, 0.3) is 0 Å². The quantitative estimate of drug-likeness (QED) is 0.713. The van der Waals surface area contributed by atoms with E-state index in [-0.39, 0.29) is 6.04 Å². The molecule has 0 fully saturated rings. The summed E-state index contributed by atoms with van der Waals surface area (Å²) in [4.78, 5) is 4.21. The first-order valence-electron chi connectivity index (χ1n) is 4.41. The number of nitrogens with two attached hydrogens (primary N) is 1. The first-order valence-corrected chi connectivity index (χ1v) is 4.41. The second-order valence-corrected chi connectivity index (χ2v) is 3.52. The standard InChI is InChI=1S/C10H17N3/c1-7(2)10(11)5-13-6-12-8(3)9(13)4/h6,10H,1,5,11H2,2-4H3. The highest BCUT2D eigenvalue weighted by atomic mass is 15.1. The van der Waals surface area contributed by atoms with Crippen LogP contribution in [-0.2, 0) is 6.54 Å². The molecule has 3 heteroatoms. The van der Waals surface area contributed by atoms with E-state index >= 15 is 0 Å². The van der Waals surface area contributed by atoms with Gasteiger partial charge in [-0.3, -0.25) is 0 Å². The Kier molecular flexibility index (Phi) is 2.88. The monoisotopic (exact) mass is 179 g/mol. The van der Waals surface area contributed by atoms with Crippen molar-refractivity contribution in [3.8, 4) is 0 Å². The van der Waals surface area contributed by atoms with Crippen LogP contribution in [0.2, 0.25) is 0 Å². The molecule has 0 aliphatic carbocycles. The topological polar surface area (TPSA) is 43.8 Å². The lowest BCUT2D eigenvalue weighted by Crippen LogP contribution is -2.27. The van der Waals surface area contributed by atoms with Crippen LogP contribution >= 0.6 is 0 Å². The van der Waals surface area contributed by atoms with Gasteiger partial charge in [-0.2, -0.15) is 0 Å². The molecule has 0 amide bonds. The Hall–Kier alpha value is -1.09. The third-order valence-corrected chi connectivity index (χ3v) is 2.37. The van der Waals surface area contributed by atoms with Crippen LogP contribution in [0.4, 0.5) is 0 Å². The van der Waals surface area contributed by atoms with Gasteiger partial charge in [-0.25, -0.2) is 4.98 Å². The van der Waals surface area contributed by atoms with Crippen LogP contribution in [-0.4, -0.2) is 15.6 Å². The van der Waals surface area contributed by atoms with Gasteiger partial charge in [0.25, 0.3) is 0 Å². The molecule has 0 aromatic carbocycles. The van der Waals surface area contributed by atoms with Gasteiger partial charge in [0.2, 0.25) is 0 Å². The molecule has 2 N–H and O–H groups in total. The molecule has 13 heavy (non-hydrogen) atoms. The summed E-state index contributed by atoms with van der Waals surface area (Å²) in [6.45, 7) is 10.6. The maximum atomic E-state index is 5.88. The number of rotatable bonds is 3. The highest BCUT2D eigenvalue weighted by Gasteiger charge is 2.07. The zero-order chi connectivity index (χ0) is 10.0. The summed E-state index contributed by atoms with van der Waals surface area (Å²) in [5, 5.41) is 0. The van der Waals surface area contributed by atoms with Gasteiger partial charge in [-0.15, -0.1) is 0 Å². The van der Waals surface area contributed by atoms with Crippen LogP contribution in [0.5, 0.6) is 0 Å². The van der Waals surface area contributed by atoms with E-state index in [0.717, 1.165) is 17.8 Å². The number of hydrogen-bond donors (Lipinski definition) is 1. The van der Waals surface area contributed by atoms with Crippen molar-refractivity contribution < 1.29 is 0 Å². The van der Waals surface area contributed by atoms with Crippen molar-refractivity contribution in [2.24, 2.45) is 5.73 Å². The first-order chi connectivity index (χ1) is 6.02. The third kappa shape index (κ3) is 2.18. The highest BCUT2D eigenvalue weighted by Crippen LogP contribution is 2.06. The second-order valence-electron chi connectivity index (χ2n) is 3.52. The number of aryl methyl sites for hydroxylation is 1. The van der Waals surface area contributed by atoms with Crippen molar-refractivity contribution in [2.75, 3.05) is 0 Å². The van der Waals surface area contributed by atoms with Gasteiger partial charge in [-0.1, -0.05) is 12.2 Å². The molecular formula is C10H17N3. The molecule has 0 saturated heterocycles. The molecule has 1 rings (SSSR count). The Balaban J connectivity index is 2.74. The molecule has 0 aliphatic rings. The normalized spacial score (nSPS) is 12.9. The van der Waals surface area contributed by atoms with Crippen LogP contribution < -0.4 is 5.73 Å². The summed E-state index contributed by atoms with van der Waals surface area (Å²) in [7, 11) is 0. The summed E-state index contributed by atoms with van der Waals surface area (Å²) in [6, 6.07) is 0.0206. The van der Waals surface area contributed by atoms with Crippen molar-refractivity contribution >= 4 is 0 Å². The van der Waals surface area contributed by atoms with Crippen molar-refractivity contribution in [3.63, 3.8) is 0 Å².